The van der Waals surface area contributed by atoms with Gasteiger partial charge in [-0.05, 0) is 70.1 Å². The molecule has 7 nitrogen and oxygen atoms in total. The molecule has 1 aliphatic heterocycles. The summed E-state index contributed by atoms with van der Waals surface area (Å²) in [5.74, 6) is -0.221. The normalized spacial score (nSPS) is 17.5. The molecule has 1 unspecified atom stereocenters. The molecule has 1 saturated heterocycles. The van der Waals surface area contributed by atoms with Gasteiger partial charge in [0.05, 0.1) is 14.6 Å². The van der Waals surface area contributed by atoms with E-state index in [4.69, 9.17) is 16.6 Å². The van der Waals surface area contributed by atoms with Gasteiger partial charge in [-0.25, -0.2) is 13.4 Å². The van der Waals surface area contributed by atoms with Gasteiger partial charge in [-0.1, -0.05) is 35.4 Å². The van der Waals surface area contributed by atoms with Crippen molar-refractivity contribution < 1.29 is 13.2 Å². The van der Waals surface area contributed by atoms with Crippen LogP contribution in [-0.2, 0) is 14.8 Å². The van der Waals surface area contributed by atoms with E-state index in [2.05, 4.69) is 12.1 Å². The number of halogens is 1. The molecule has 1 fully saturated rings. The number of hydrogen-bond acceptors (Lipinski definition) is 7. The molecule has 0 radical (unpaired) electrons. The third-order valence-electron chi connectivity index (χ3n) is 5.94. The molecule has 0 N–H and O–H groups in total. The summed E-state index contributed by atoms with van der Waals surface area (Å²) in [6.07, 6.45) is 2.01. The van der Waals surface area contributed by atoms with Gasteiger partial charge in [0.1, 0.15) is 10.3 Å². The molecule has 2 aromatic heterocycles. The lowest BCUT2D eigenvalue weighted by Gasteiger charge is -2.36. The Hall–Kier alpha value is -1.56. The second-order valence-corrected chi connectivity index (χ2v) is 13.7. The fourth-order valence-corrected chi connectivity index (χ4v) is 8.68. The minimum absolute atomic E-state index is 0.170. The van der Waals surface area contributed by atoms with E-state index >= 15 is 0 Å². The number of amides is 1. The standard InChI is InChI=1S/C23H29ClN4O3S3/c1-15-13-16(2)21-18(14-15)32-23(25-21)27(12-11-26(3)4)22(29)17-7-5-6-10-28(17)34(30,31)20-9-8-19(24)33-20/h8-9,13-14,17H,5-7,10-12H2,1-4H3. The largest absolute Gasteiger partial charge is 0.308 e. The predicted molar refractivity (Wildman–Crippen MR) is 141 cm³/mol. The zero-order chi connectivity index (χ0) is 24.6. The van der Waals surface area contributed by atoms with Crippen molar-refractivity contribution in [2.75, 3.05) is 38.6 Å². The van der Waals surface area contributed by atoms with Crippen LogP contribution in [0, 0.1) is 13.8 Å². The number of hydrogen-bond donors (Lipinski definition) is 0. The molecule has 0 spiro atoms. The van der Waals surface area contributed by atoms with E-state index in [9.17, 15) is 13.2 Å². The highest BCUT2D eigenvalue weighted by atomic mass is 35.5. The van der Waals surface area contributed by atoms with Crippen molar-refractivity contribution in [3.63, 3.8) is 0 Å². The summed E-state index contributed by atoms with van der Waals surface area (Å²) in [4.78, 5) is 22.5. The molecule has 1 atom stereocenters. The van der Waals surface area contributed by atoms with Crippen LogP contribution in [0.2, 0.25) is 4.34 Å². The number of aryl methyl sites for hydroxylation is 2. The number of carbonyl (C=O) groups is 1. The molecule has 1 amide bonds. The number of likely N-dealkylation sites (N-methyl/N-ethyl adjacent to an activating group) is 1. The summed E-state index contributed by atoms with van der Waals surface area (Å²) >= 11 is 8.52. The van der Waals surface area contributed by atoms with E-state index < -0.39 is 16.1 Å². The van der Waals surface area contributed by atoms with Crippen LogP contribution in [0.15, 0.2) is 28.5 Å². The van der Waals surface area contributed by atoms with Gasteiger partial charge >= 0.3 is 0 Å². The van der Waals surface area contributed by atoms with Crippen molar-refractivity contribution in [3.05, 3.63) is 39.7 Å². The molecule has 184 valence electrons. The van der Waals surface area contributed by atoms with Crippen molar-refractivity contribution in [2.24, 2.45) is 0 Å². The minimum atomic E-state index is -3.83. The summed E-state index contributed by atoms with van der Waals surface area (Å²) < 4.78 is 29.9. The Balaban J connectivity index is 1.72. The maximum absolute atomic E-state index is 14.0. The van der Waals surface area contributed by atoms with Crippen LogP contribution in [-0.4, -0.2) is 68.3 Å². The van der Waals surface area contributed by atoms with E-state index in [0.29, 0.717) is 35.5 Å². The maximum Gasteiger partial charge on any atom is 0.253 e. The zero-order valence-corrected chi connectivity index (χ0v) is 23.0. The van der Waals surface area contributed by atoms with Crippen molar-refractivity contribution in [2.45, 2.75) is 43.4 Å². The molecular weight excluding hydrogens is 512 g/mol. The number of thiazole rings is 1. The highest BCUT2D eigenvalue weighted by molar-refractivity contribution is 7.91. The van der Waals surface area contributed by atoms with Crippen molar-refractivity contribution in [1.82, 2.24) is 14.2 Å². The second kappa shape index (κ2) is 10.2. The summed E-state index contributed by atoms with van der Waals surface area (Å²) in [6.45, 7) is 5.45. The van der Waals surface area contributed by atoms with Crippen LogP contribution >= 0.6 is 34.3 Å². The third kappa shape index (κ3) is 5.17. The number of rotatable bonds is 7. The van der Waals surface area contributed by atoms with Gasteiger partial charge in [0.2, 0.25) is 5.91 Å². The molecule has 0 aliphatic carbocycles. The van der Waals surface area contributed by atoms with Crippen LogP contribution in [0.5, 0.6) is 0 Å². The molecule has 0 bridgehead atoms. The van der Waals surface area contributed by atoms with Crippen molar-refractivity contribution in [1.29, 1.82) is 0 Å². The molecule has 34 heavy (non-hydrogen) atoms. The number of sulfonamides is 1. The number of thiophene rings is 1. The minimum Gasteiger partial charge on any atom is -0.308 e. The molecule has 3 aromatic rings. The lowest BCUT2D eigenvalue weighted by Crippen LogP contribution is -2.53. The average Bonchev–Trinajstić information content (AvgIpc) is 3.40. The Labute approximate surface area is 214 Å². The number of fused-ring (bicyclic) bond motifs is 1. The number of nitrogens with zero attached hydrogens (tertiary/aromatic N) is 4. The quantitative estimate of drug-likeness (QED) is 0.432. The molecular formula is C23H29ClN4O3S3. The lowest BCUT2D eigenvalue weighted by molar-refractivity contribution is -0.123. The fraction of sp³-hybridized carbons (Fsp3) is 0.478. The summed E-state index contributed by atoms with van der Waals surface area (Å²) in [5.41, 5.74) is 3.09. The van der Waals surface area contributed by atoms with Gasteiger partial charge in [-0.15, -0.1) is 11.3 Å². The highest BCUT2D eigenvalue weighted by Gasteiger charge is 2.41. The third-order valence-corrected chi connectivity index (χ3v) is 10.6. The summed E-state index contributed by atoms with van der Waals surface area (Å²) in [6, 6.07) is 6.49. The zero-order valence-electron chi connectivity index (χ0n) is 19.7. The van der Waals surface area contributed by atoms with Crippen molar-refractivity contribution in [3.8, 4) is 0 Å². The molecule has 3 heterocycles. The molecule has 0 saturated carbocycles. The number of anilines is 1. The molecule has 1 aromatic carbocycles. The first-order valence-corrected chi connectivity index (χ1v) is 14.6. The Kier molecular flexibility index (Phi) is 7.66. The van der Waals surface area contributed by atoms with Gasteiger partial charge in [-0.2, -0.15) is 4.31 Å². The second-order valence-electron chi connectivity index (χ2n) is 8.90. The number of benzene rings is 1. The van der Waals surface area contributed by atoms with Crippen molar-refractivity contribution >= 4 is 65.6 Å². The van der Waals surface area contributed by atoms with E-state index in [1.165, 1.54) is 21.7 Å². The van der Waals surface area contributed by atoms with E-state index in [0.717, 1.165) is 45.5 Å². The van der Waals surface area contributed by atoms with Gasteiger partial charge in [0.25, 0.3) is 10.0 Å². The summed E-state index contributed by atoms with van der Waals surface area (Å²) in [5, 5.41) is 0.609. The Morgan fingerprint density at radius 1 is 1.18 bits per heavy atom. The average molecular weight is 541 g/mol. The topological polar surface area (TPSA) is 73.8 Å². The number of carbonyl (C=O) groups excluding carboxylic acids is 1. The van der Waals surface area contributed by atoms with Gasteiger partial charge < -0.3 is 4.90 Å². The SMILES string of the molecule is Cc1cc(C)c2nc(N(CCN(C)C)C(=O)C3CCCCN3S(=O)(=O)c3ccc(Cl)s3)sc2c1. The first-order chi connectivity index (χ1) is 16.1. The number of aromatic nitrogens is 1. The molecule has 4 rings (SSSR count). The van der Waals surface area contributed by atoms with Gasteiger partial charge in [-0.3, -0.25) is 9.69 Å². The smallest absolute Gasteiger partial charge is 0.253 e. The van der Waals surface area contributed by atoms with Crippen LogP contribution < -0.4 is 4.90 Å². The van der Waals surface area contributed by atoms with Crippen LogP contribution in [0.1, 0.15) is 30.4 Å². The van der Waals surface area contributed by atoms with Crippen LogP contribution in [0.4, 0.5) is 5.13 Å². The number of piperidine rings is 1. The first-order valence-electron chi connectivity index (χ1n) is 11.2. The van der Waals surface area contributed by atoms with Gasteiger partial charge in [0, 0.05) is 19.6 Å². The predicted octanol–water partition coefficient (Wildman–Crippen LogP) is 4.77. The Bertz CT molecular complexity index is 1300. The fourth-order valence-electron chi connectivity index (χ4n) is 4.25. The lowest BCUT2D eigenvalue weighted by atomic mass is 10.0. The molecule has 11 heteroatoms. The van der Waals surface area contributed by atoms with E-state index in [1.807, 2.05) is 32.8 Å². The highest BCUT2D eigenvalue weighted by Crippen LogP contribution is 2.35. The van der Waals surface area contributed by atoms with E-state index in [1.54, 1.807) is 11.0 Å². The van der Waals surface area contributed by atoms with Gasteiger partial charge in [0.15, 0.2) is 5.13 Å². The molecule has 1 aliphatic rings. The Morgan fingerprint density at radius 2 is 1.94 bits per heavy atom. The first kappa shape index (κ1) is 25.5. The summed E-state index contributed by atoms with van der Waals surface area (Å²) in [7, 11) is 0.0748. The van der Waals surface area contributed by atoms with Crippen LogP contribution in [0.3, 0.4) is 0 Å². The van der Waals surface area contributed by atoms with Crippen LogP contribution in [0.25, 0.3) is 10.2 Å². The van der Waals surface area contributed by atoms with E-state index in [-0.39, 0.29) is 10.1 Å². The maximum atomic E-state index is 14.0. The Morgan fingerprint density at radius 3 is 2.62 bits per heavy atom. The monoisotopic (exact) mass is 540 g/mol.